The summed E-state index contributed by atoms with van der Waals surface area (Å²) in [6, 6.07) is -28.2. The summed E-state index contributed by atoms with van der Waals surface area (Å²) < 4.78 is 286. The second kappa shape index (κ2) is 11.2. The standard InChI is InChI=1S/C52H30O2/c1-2-14-33-31(12-1)13-11-22-37(33)49-38-17-5-7-19-40(38)50(41-20-8-6-18-39(41)49)42-27-26-34(35-15-3-4-16-36(35)42)32-24-25-44-48(30-32)54-47-29-28-46-51(52(44)47)43-21-9-10-23-45(43)53-46/h1-30H/i1D,2D,3D,4D,5D,6D,7D,8D,9D,10D,11D,12D,13D,14D,15D,16D,17D,18D,19D,20D,21D,22D,23D,24D,25D,26D,27D,28D,29D,30D. The van der Waals surface area contributed by atoms with Gasteiger partial charge in [-0.2, -0.15) is 0 Å². The van der Waals surface area contributed by atoms with E-state index in [0.29, 0.717) is 0 Å². The molecule has 0 radical (unpaired) electrons. The third kappa shape index (κ3) is 4.11. The monoisotopic (exact) mass is 716 g/mol. The van der Waals surface area contributed by atoms with Gasteiger partial charge >= 0.3 is 0 Å². The molecule has 0 unspecified atom stereocenters. The summed E-state index contributed by atoms with van der Waals surface area (Å²) in [6.07, 6.45) is 0. The molecule has 0 amide bonds. The van der Waals surface area contributed by atoms with Crippen LogP contribution in [0.2, 0.25) is 0 Å². The zero-order valence-electron chi connectivity index (χ0n) is 56.8. The number of furan rings is 2. The smallest absolute Gasteiger partial charge is 0.136 e. The second-order valence-corrected chi connectivity index (χ2v) is 12.0. The fourth-order valence-corrected chi connectivity index (χ4v) is 7.06. The predicted octanol–water partition coefficient (Wildman–Crippen LogP) is 15.1. The first-order valence-electron chi connectivity index (χ1n) is 31.1. The van der Waals surface area contributed by atoms with Crippen molar-refractivity contribution in [2.24, 2.45) is 0 Å². The molecule has 12 rings (SSSR count). The molecule has 2 heteroatoms. The maximum atomic E-state index is 10.0. The third-order valence-corrected chi connectivity index (χ3v) is 9.27. The lowest BCUT2D eigenvalue weighted by molar-refractivity contribution is 0.663. The van der Waals surface area contributed by atoms with E-state index in [2.05, 4.69) is 0 Å². The Bertz CT molecular complexity index is 5160. The number of fused-ring (bicyclic) bond motifs is 11. The molecule has 0 saturated carbocycles. The molecule has 0 aliphatic heterocycles. The summed E-state index contributed by atoms with van der Waals surface area (Å²) in [5, 5.41) is -7.42. The molecular formula is C52H30O2. The van der Waals surface area contributed by atoms with Crippen molar-refractivity contribution >= 4 is 87.0 Å². The fraction of sp³-hybridized carbons (Fsp3) is 0. The average Bonchev–Trinajstić information content (AvgIpc) is 0.942. The lowest BCUT2D eigenvalue weighted by Gasteiger charge is -2.20. The zero-order valence-corrected chi connectivity index (χ0v) is 26.8. The van der Waals surface area contributed by atoms with Gasteiger partial charge in [0.1, 0.15) is 22.3 Å². The fourth-order valence-electron chi connectivity index (χ4n) is 7.06. The van der Waals surface area contributed by atoms with Crippen LogP contribution in [0.5, 0.6) is 0 Å². The molecule has 0 aliphatic rings. The predicted molar refractivity (Wildman–Crippen MR) is 227 cm³/mol. The molecule has 0 aliphatic carbocycles. The average molecular weight is 717 g/mol. The van der Waals surface area contributed by atoms with Crippen LogP contribution in [-0.2, 0) is 0 Å². The number of hydrogen-bond donors (Lipinski definition) is 0. The van der Waals surface area contributed by atoms with Gasteiger partial charge in [0.25, 0.3) is 0 Å². The Morgan fingerprint density at radius 1 is 0.296 bits per heavy atom. The summed E-state index contributed by atoms with van der Waals surface area (Å²) in [6.45, 7) is 0. The molecule has 2 heterocycles. The van der Waals surface area contributed by atoms with Crippen LogP contribution in [-0.4, -0.2) is 0 Å². The molecule has 2 aromatic heterocycles. The highest BCUT2D eigenvalue weighted by molar-refractivity contribution is 6.27. The van der Waals surface area contributed by atoms with Gasteiger partial charge in [-0.25, -0.2) is 0 Å². The van der Waals surface area contributed by atoms with E-state index in [0.717, 1.165) is 0 Å². The summed E-state index contributed by atoms with van der Waals surface area (Å²) in [5.74, 6) is 0. The van der Waals surface area contributed by atoms with E-state index in [4.69, 9.17) is 33.5 Å². The van der Waals surface area contributed by atoms with Gasteiger partial charge in [-0.1, -0.05) is 151 Å². The Kier molecular flexibility index (Phi) is 2.64. The Morgan fingerprint density at radius 2 is 0.759 bits per heavy atom. The summed E-state index contributed by atoms with van der Waals surface area (Å²) in [4.78, 5) is 0. The molecule has 0 N–H and O–H groups in total. The van der Waals surface area contributed by atoms with Crippen LogP contribution < -0.4 is 0 Å². The highest BCUT2D eigenvalue weighted by atomic mass is 16.3. The highest BCUT2D eigenvalue weighted by Crippen LogP contribution is 2.48. The van der Waals surface area contributed by atoms with Crippen molar-refractivity contribution < 1.29 is 50.0 Å². The molecular weight excluding hydrogens is 657 g/mol. The molecule has 250 valence electrons. The first-order chi connectivity index (χ1) is 39.3. The molecule has 2 nitrogen and oxygen atoms in total. The van der Waals surface area contributed by atoms with Crippen molar-refractivity contribution in [2.75, 3.05) is 0 Å². The van der Waals surface area contributed by atoms with Crippen molar-refractivity contribution in [3.05, 3.63) is 181 Å². The molecule has 10 aromatic carbocycles. The van der Waals surface area contributed by atoms with Gasteiger partial charge in [-0.3, -0.25) is 0 Å². The normalized spacial score (nSPS) is 19.9. The van der Waals surface area contributed by atoms with E-state index < -0.39 is 285 Å². The van der Waals surface area contributed by atoms with E-state index in [1.807, 2.05) is 0 Å². The summed E-state index contributed by atoms with van der Waals surface area (Å²) >= 11 is 0. The van der Waals surface area contributed by atoms with Crippen LogP contribution >= 0.6 is 0 Å². The maximum Gasteiger partial charge on any atom is 0.136 e. The van der Waals surface area contributed by atoms with Crippen LogP contribution in [0.1, 0.15) is 41.1 Å². The minimum Gasteiger partial charge on any atom is -0.456 e. The number of rotatable bonds is 3. The molecule has 0 bridgehead atoms. The minimum atomic E-state index is -1.14. The van der Waals surface area contributed by atoms with Crippen molar-refractivity contribution in [1.29, 1.82) is 0 Å². The SMILES string of the molecule is [2H]c1c([2H])c([2H])c2c(oc3c([2H])c([2H])c4oc5c([2H])c(-c6c([2H])c([2H])c(-c7c8c([2H])c([2H])c([2H])c([2H])c8c(-c8c([2H])c([2H])c([2H])c9c([2H])c([2H])c([2H])c([2H])c89)c8c([2H])c([2H])c([2H])c([2H])c78)c7c([2H])c([2H])c([2H])c([2H])c67)c([2H])c([2H])c5c4c32)c1[2H]. The van der Waals surface area contributed by atoms with Crippen molar-refractivity contribution in [1.82, 2.24) is 0 Å². The van der Waals surface area contributed by atoms with Gasteiger partial charge in [-0.05, 0) is 107 Å². The zero-order chi connectivity index (χ0) is 61.4. The van der Waals surface area contributed by atoms with Crippen molar-refractivity contribution in [3.8, 4) is 33.4 Å². The van der Waals surface area contributed by atoms with Gasteiger partial charge in [0.2, 0.25) is 0 Å². The van der Waals surface area contributed by atoms with Gasteiger partial charge in [0.05, 0.1) is 41.1 Å². The number of hydrogen-bond acceptors (Lipinski definition) is 2. The van der Waals surface area contributed by atoms with E-state index in [1.165, 1.54) is 0 Å². The molecule has 0 atom stereocenters. The number of para-hydroxylation sites is 1. The quantitative estimate of drug-likeness (QED) is 0.170. The van der Waals surface area contributed by atoms with Crippen molar-refractivity contribution in [3.63, 3.8) is 0 Å². The van der Waals surface area contributed by atoms with Gasteiger partial charge < -0.3 is 8.83 Å². The largest absolute Gasteiger partial charge is 0.456 e. The van der Waals surface area contributed by atoms with Crippen LogP contribution in [0.25, 0.3) is 120 Å². The van der Waals surface area contributed by atoms with Crippen LogP contribution in [0.15, 0.2) is 190 Å². The van der Waals surface area contributed by atoms with E-state index in [1.54, 1.807) is 0 Å². The maximum absolute atomic E-state index is 10.0. The Labute approximate surface area is 352 Å². The highest BCUT2D eigenvalue weighted by Gasteiger charge is 2.21. The first kappa shape index (κ1) is 12.8. The lowest BCUT2D eigenvalue weighted by Crippen LogP contribution is -1.93. The van der Waals surface area contributed by atoms with Gasteiger partial charge in [-0.15, -0.1) is 0 Å². The molecule has 0 spiro atoms. The molecule has 0 saturated heterocycles. The van der Waals surface area contributed by atoms with E-state index >= 15 is 0 Å². The Balaban J connectivity index is 1.33. The molecule has 54 heavy (non-hydrogen) atoms. The van der Waals surface area contributed by atoms with Crippen LogP contribution in [0.4, 0.5) is 0 Å². The third-order valence-electron chi connectivity index (χ3n) is 9.27. The van der Waals surface area contributed by atoms with E-state index in [-0.39, 0.29) is 16.2 Å². The van der Waals surface area contributed by atoms with E-state index in [9.17, 15) is 16.4 Å². The summed E-state index contributed by atoms with van der Waals surface area (Å²) in [7, 11) is 0. The van der Waals surface area contributed by atoms with Crippen LogP contribution in [0, 0.1) is 0 Å². The lowest BCUT2D eigenvalue weighted by atomic mass is 9.83. The van der Waals surface area contributed by atoms with Gasteiger partial charge in [0, 0.05) is 21.5 Å². The topological polar surface area (TPSA) is 26.3 Å². The second-order valence-electron chi connectivity index (χ2n) is 12.0. The first-order valence-corrected chi connectivity index (χ1v) is 16.1. The minimum absolute atomic E-state index is 0.253. The van der Waals surface area contributed by atoms with Gasteiger partial charge in [0.15, 0.2) is 0 Å². The molecule has 12 aromatic rings. The van der Waals surface area contributed by atoms with Crippen molar-refractivity contribution in [2.45, 2.75) is 0 Å². The summed E-state index contributed by atoms with van der Waals surface area (Å²) in [5.41, 5.74) is -6.86. The van der Waals surface area contributed by atoms with Crippen LogP contribution in [0.3, 0.4) is 0 Å². The Hall–Kier alpha value is -7.16. The number of benzene rings is 10. The Morgan fingerprint density at radius 3 is 1.43 bits per heavy atom. The molecule has 0 fully saturated rings.